The Labute approximate surface area is 121 Å². The van der Waals surface area contributed by atoms with Gasteiger partial charge in [0, 0.05) is 30.7 Å². The van der Waals surface area contributed by atoms with Gasteiger partial charge in [0.15, 0.2) is 0 Å². The maximum Gasteiger partial charge on any atom is 0.317 e. The lowest BCUT2D eigenvalue weighted by molar-refractivity contribution is -0.138. The van der Waals surface area contributed by atoms with E-state index in [9.17, 15) is 4.79 Å². The third-order valence-corrected chi connectivity index (χ3v) is 3.99. The zero-order valence-corrected chi connectivity index (χ0v) is 11.9. The number of nitrogens with zero attached hydrogens (tertiary/aromatic N) is 2. The molecule has 2 aromatic rings. The monoisotopic (exact) mass is 294 g/mol. The summed E-state index contributed by atoms with van der Waals surface area (Å²) in [6.45, 7) is 2.12. The molecule has 0 spiro atoms. The van der Waals surface area contributed by atoms with E-state index in [1.807, 2.05) is 23.1 Å². The number of rotatable bonds is 3. The second-order valence-electron chi connectivity index (χ2n) is 4.90. The molecule has 1 aliphatic heterocycles. The fraction of sp³-hybridized carbons (Fsp3) is 0.357. The summed E-state index contributed by atoms with van der Waals surface area (Å²) in [5.41, 5.74) is 2.06. The molecule has 0 aliphatic carbocycles. The van der Waals surface area contributed by atoms with E-state index in [2.05, 4.69) is 4.57 Å². The molecule has 106 valence electrons. The van der Waals surface area contributed by atoms with Gasteiger partial charge in [-0.1, -0.05) is 11.6 Å². The smallest absolute Gasteiger partial charge is 0.317 e. The third-order valence-electron chi connectivity index (χ3n) is 3.66. The number of carboxylic acids is 1. The SMILES string of the molecule is COc1ccc(Cl)c2cc3n(c12)CCN(CC(=O)O)C3. The van der Waals surface area contributed by atoms with Crippen LogP contribution in [0.4, 0.5) is 0 Å². The molecule has 2 heterocycles. The normalized spacial score (nSPS) is 15.3. The van der Waals surface area contributed by atoms with Gasteiger partial charge in [0.25, 0.3) is 0 Å². The molecule has 0 amide bonds. The number of ether oxygens (including phenoxy) is 1. The van der Waals surface area contributed by atoms with E-state index in [1.54, 1.807) is 7.11 Å². The number of carbonyl (C=O) groups is 1. The van der Waals surface area contributed by atoms with Gasteiger partial charge in [-0.3, -0.25) is 9.69 Å². The van der Waals surface area contributed by atoms with Crippen LogP contribution in [-0.2, 0) is 17.9 Å². The minimum absolute atomic E-state index is 0.0619. The van der Waals surface area contributed by atoms with Gasteiger partial charge in [0.1, 0.15) is 5.75 Å². The van der Waals surface area contributed by atoms with Gasteiger partial charge < -0.3 is 14.4 Å². The number of methoxy groups -OCH3 is 1. The summed E-state index contributed by atoms with van der Waals surface area (Å²) in [6.07, 6.45) is 0. The van der Waals surface area contributed by atoms with E-state index in [0.717, 1.165) is 28.9 Å². The number of benzene rings is 1. The zero-order valence-electron chi connectivity index (χ0n) is 11.1. The van der Waals surface area contributed by atoms with Crippen LogP contribution in [0.15, 0.2) is 18.2 Å². The molecule has 1 N–H and O–H groups in total. The van der Waals surface area contributed by atoms with E-state index in [4.69, 9.17) is 21.4 Å². The molecule has 1 aromatic carbocycles. The van der Waals surface area contributed by atoms with Crippen LogP contribution in [0.1, 0.15) is 5.69 Å². The van der Waals surface area contributed by atoms with Crippen molar-refractivity contribution in [3.05, 3.63) is 28.9 Å². The summed E-state index contributed by atoms with van der Waals surface area (Å²) in [4.78, 5) is 12.7. The lowest BCUT2D eigenvalue weighted by atomic mass is 10.2. The predicted octanol–water partition coefficient (Wildman–Crippen LogP) is 2.20. The van der Waals surface area contributed by atoms with Gasteiger partial charge >= 0.3 is 5.97 Å². The van der Waals surface area contributed by atoms with Crippen molar-refractivity contribution in [3.63, 3.8) is 0 Å². The molecular formula is C14H15ClN2O3. The quantitative estimate of drug-likeness (QED) is 0.943. The van der Waals surface area contributed by atoms with Crippen LogP contribution in [0.25, 0.3) is 10.9 Å². The Balaban J connectivity index is 2.06. The standard InChI is InChI=1S/C14H15ClN2O3/c1-20-12-3-2-11(15)10-6-9-7-16(8-13(18)19)4-5-17(9)14(10)12/h2-3,6H,4-5,7-8H2,1H3,(H,18,19). The summed E-state index contributed by atoms with van der Waals surface area (Å²) in [5.74, 6) is -0.00694. The first-order valence-corrected chi connectivity index (χ1v) is 6.76. The summed E-state index contributed by atoms with van der Waals surface area (Å²) in [7, 11) is 1.64. The molecule has 0 saturated carbocycles. The number of aliphatic carboxylic acids is 1. The molecule has 6 heteroatoms. The van der Waals surface area contributed by atoms with Crippen LogP contribution < -0.4 is 4.74 Å². The van der Waals surface area contributed by atoms with Gasteiger partial charge in [0.05, 0.1) is 24.2 Å². The topological polar surface area (TPSA) is 54.7 Å². The van der Waals surface area contributed by atoms with Gasteiger partial charge in [0.2, 0.25) is 0 Å². The predicted molar refractivity (Wildman–Crippen MR) is 76.4 cm³/mol. The van der Waals surface area contributed by atoms with E-state index in [0.29, 0.717) is 18.1 Å². The van der Waals surface area contributed by atoms with Crippen LogP contribution in [0.2, 0.25) is 5.02 Å². The van der Waals surface area contributed by atoms with Crippen molar-refractivity contribution in [2.75, 3.05) is 20.2 Å². The van der Waals surface area contributed by atoms with Crippen molar-refractivity contribution in [2.24, 2.45) is 0 Å². The summed E-state index contributed by atoms with van der Waals surface area (Å²) >= 11 is 6.25. The summed E-state index contributed by atoms with van der Waals surface area (Å²) < 4.78 is 7.58. The van der Waals surface area contributed by atoms with E-state index in [1.165, 1.54) is 0 Å². The van der Waals surface area contributed by atoms with Gasteiger partial charge in [-0.05, 0) is 18.2 Å². The molecule has 0 unspecified atom stereocenters. The molecule has 1 aromatic heterocycles. The molecule has 1 aliphatic rings. The maximum atomic E-state index is 10.8. The average Bonchev–Trinajstić information content (AvgIpc) is 2.78. The summed E-state index contributed by atoms with van der Waals surface area (Å²) in [6, 6.07) is 5.71. The van der Waals surface area contributed by atoms with Crippen LogP contribution in [0.5, 0.6) is 5.75 Å². The fourth-order valence-corrected chi connectivity index (χ4v) is 3.00. The van der Waals surface area contributed by atoms with Crippen molar-refractivity contribution < 1.29 is 14.6 Å². The van der Waals surface area contributed by atoms with Gasteiger partial charge in [-0.15, -0.1) is 0 Å². The van der Waals surface area contributed by atoms with Crippen molar-refractivity contribution in [1.82, 2.24) is 9.47 Å². The Morgan fingerprint density at radius 1 is 1.45 bits per heavy atom. The second-order valence-corrected chi connectivity index (χ2v) is 5.31. The number of hydrogen-bond acceptors (Lipinski definition) is 3. The highest BCUT2D eigenvalue weighted by Gasteiger charge is 2.22. The van der Waals surface area contributed by atoms with Crippen molar-refractivity contribution in [1.29, 1.82) is 0 Å². The Kier molecular flexibility index (Phi) is 3.31. The van der Waals surface area contributed by atoms with Gasteiger partial charge in [-0.2, -0.15) is 0 Å². The minimum atomic E-state index is -0.801. The first-order valence-electron chi connectivity index (χ1n) is 6.39. The maximum absolute atomic E-state index is 10.8. The number of aromatic nitrogens is 1. The molecule has 3 rings (SSSR count). The Bertz CT molecular complexity index is 681. The van der Waals surface area contributed by atoms with Gasteiger partial charge in [-0.25, -0.2) is 0 Å². The minimum Gasteiger partial charge on any atom is -0.495 e. The van der Waals surface area contributed by atoms with Crippen LogP contribution in [-0.4, -0.2) is 40.7 Å². The highest BCUT2D eigenvalue weighted by molar-refractivity contribution is 6.35. The van der Waals surface area contributed by atoms with Crippen LogP contribution >= 0.6 is 11.6 Å². The Morgan fingerprint density at radius 2 is 2.25 bits per heavy atom. The number of hydrogen-bond donors (Lipinski definition) is 1. The highest BCUT2D eigenvalue weighted by Crippen LogP contribution is 2.35. The van der Waals surface area contributed by atoms with Crippen molar-refractivity contribution in [3.8, 4) is 5.75 Å². The number of halogens is 1. The lowest BCUT2D eigenvalue weighted by Crippen LogP contribution is -2.36. The first kappa shape index (κ1) is 13.3. The highest BCUT2D eigenvalue weighted by atomic mass is 35.5. The molecule has 0 saturated heterocycles. The second kappa shape index (κ2) is 5.00. The average molecular weight is 295 g/mol. The zero-order chi connectivity index (χ0) is 14.3. The molecule has 0 bridgehead atoms. The fourth-order valence-electron chi connectivity index (χ4n) is 2.79. The lowest BCUT2D eigenvalue weighted by Gasteiger charge is -2.27. The molecule has 0 atom stereocenters. The Morgan fingerprint density at radius 3 is 2.95 bits per heavy atom. The van der Waals surface area contributed by atoms with E-state index >= 15 is 0 Å². The van der Waals surface area contributed by atoms with E-state index < -0.39 is 5.97 Å². The summed E-state index contributed by atoms with van der Waals surface area (Å²) in [5, 5.41) is 10.5. The van der Waals surface area contributed by atoms with Crippen LogP contribution in [0, 0.1) is 0 Å². The third kappa shape index (κ3) is 2.13. The Hall–Kier alpha value is -1.72. The molecule has 0 radical (unpaired) electrons. The molecular weight excluding hydrogens is 280 g/mol. The van der Waals surface area contributed by atoms with E-state index in [-0.39, 0.29) is 6.54 Å². The van der Waals surface area contributed by atoms with Crippen molar-refractivity contribution >= 4 is 28.5 Å². The van der Waals surface area contributed by atoms with Crippen LogP contribution in [0.3, 0.4) is 0 Å². The molecule has 5 nitrogen and oxygen atoms in total. The number of fused-ring (bicyclic) bond motifs is 3. The largest absolute Gasteiger partial charge is 0.495 e. The first-order chi connectivity index (χ1) is 9.60. The van der Waals surface area contributed by atoms with Crippen molar-refractivity contribution in [2.45, 2.75) is 13.1 Å². The molecule has 0 fully saturated rings. The molecule has 20 heavy (non-hydrogen) atoms. The number of carboxylic acid groups (broad SMARTS) is 1.